The topological polar surface area (TPSA) is 89.8 Å². The Labute approximate surface area is 180 Å². The Hall–Kier alpha value is -2.51. The Morgan fingerprint density at radius 3 is 2.67 bits per heavy atom. The van der Waals surface area contributed by atoms with Gasteiger partial charge in [0.25, 0.3) is 0 Å². The molecule has 0 bridgehead atoms. The first-order chi connectivity index (χ1) is 14.1. The molecule has 8 heteroatoms. The van der Waals surface area contributed by atoms with Crippen LogP contribution in [0.2, 0.25) is 5.02 Å². The Bertz CT molecular complexity index is 1010. The summed E-state index contributed by atoms with van der Waals surface area (Å²) < 4.78 is 12.9. The Morgan fingerprint density at radius 2 is 2.03 bits per heavy atom. The second-order valence-electron chi connectivity index (χ2n) is 8.49. The summed E-state index contributed by atoms with van der Waals surface area (Å²) in [6.45, 7) is 7.46. The van der Waals surface area contributed by atoms with Gasteiger partial charge < -0.3 is 19.1 Å². The van der Waals surface area contributed by atoms with Crippen LogP contribution in [0.4, 0.5) is 10.5 Å². The molecule has 0 aliphatic carbocycles. The number of pyridine rings is 1. The fourth-order valence-corrected chi connectivity index (χ4v) is 3.98. The zero-order valence-electron chi connectivity index (χ0n) is 17.6. The zero-order valence-corrected chi connectivity index (χ0v) is 18.4. The van der Waals surface area contributed by atoms with Crippen molar-refractivity contribution in [3.05, 3.63) is 45.2 Å². The molecule has 1 aromatic carbocycles. The van der Waals surface area contributed by atoms with Crippen molar-refractivity contribution >= 4 is 23.4 Å². The number of methoxy groups -OCH3 is 1. The predicted molar refractivity (Wildman–Crippen MR) is 117 cm³/mol. The van der Waals surface area contributed by atoms with Gasteiger partial charge in [0.05, 0.1) is 17.3 Å². The summed E-state index contributed by atoms with van der Waals surface area (Å²) in [5.41, 5.74) is 2.11. The van der Waals surface area contributed by atoms with Crippen molar-refractivity contribution < 1.29 is 19.4 Å². The fourth-order valence-electron chi connectivity index (χ4n) is 3.76. The summed E-state index contributed by atoms with van der Waals surface area (Å²) >= 11 is 6.47. The summed E-state index contributed by atoms with van der Waals surface area (Å²) in [5, 5.41) is 11.7. The molecule has 0 saturated heterocycles. The van der Waals surface area contributed by atoms with Crippen LogP contribution in [0.25, 0.3) is 11.3 Å². The first kappa shape index (κ1) is 22.2. The van der Waals surface area contributed by atoms with Gasteiger partial charge >= 0.3 is 6.09 Å². The molecule has 2 aromatic rings. The van der Waals surface area contributed by atoms with Crippen molar-refractivity contribution in [1.29, 1.82) is 0 Å². The van der Waals surface area contributed by atoms with E-state index in [9.17, 15) is 9.59 Å². The lowest BCUT2D eigenvalue weighted by atomic mass is 9.79. The summed E-state index contributed by atoms with van der Waals surface area (Å²) in [4.78, 5) is 23.6. The third-order valence-electron chi connectivity index (χ3n) is 5.25. The van der Waals surface area contributed by atoms with Crippen LogP contribution in [0.3, 0.4) is 0 Å². The van der Waals surface area contributed by atoms with Crippen molar-refractivity contribution in [2.24, 2.45) is 5.41 Å². The number of carboxylic acid groups (broad SMARTS) is 1. The van der Waals surface area contributed by atoms with Crippen LogP contribution in [0.1, 0.15) is 38.8 Å². The molecule has 1 aliphatic rings. The standard InChI is InChI=1S/C22H27ClN2O5/c1-22(2,3)20-9-13-8-19(30-7-5-6-29-4)15(23)10-14(13)17-11-18(26)16(12-25(17)20)24-21(27)28/h8,10-12,20,24H,5-7,9H2,1-4H3,(H,27,28). The number of rotatable bonds is 6. The highest BCUT2D eigenvalue weighted by molar-refractivity contribution is 6.32. The highest BCUT2D eigenvalue weighted by atomic mass is 35.5. The van der Waals surface area contributed by atoms with Crippen LogP contribution in [-0.4, -0.2) is 36.1 Å². The minimum atomic E-state index is -1.27. The summed E-state index contributed by atoms with van der Waals surface area (Å²) in [5.74, 6) is 0.610. The van der Waals surface area contributed by atoms with Gasteiger partial charge in [-0.15, -0.1) is 0 Å². The number of anilines is 1. The molecule has 162 valence electrons. The molecule has 30 heavy (non-hydrogen) atoms. The SMILES string of the molecule is COCCCOc1cc2c(cc1Cl)-c1cc(=O)c(NC(=O)O)cn1C(C(C)(C)C)C2. The largest absolute Gasteiger partial charge is 0.492 e. The van der Waals surface area contributed by atoms with E-state index in [1.165, 1.54) is 6.07 Å². The maximum absolute atomic E-state index is 12.5. The first-order valence-electron chi connectivity index (χ1n) is 9.82. The molecule has 0 spiro atoms. The molecular formula is C22H27ClN2O5. The van der Waals surface area contributed by atoms with Gasteiger partial charge in [0.1, 0.15) is 11.4 Å². The summed E-state index contributed by atoms with van der Waals surface area (Å²) in [6, 6.07) is 5.24. The average molecular weight is 435 g/mol. The van der Waals surface area contributed by atoms with Crippen LogP contribution < -0.4 is 15.5 Å². The van der Waals surface area contributed by atoms with E-state index in [1.807, 2.05) is 16.7 Å². The highest BCUT2D eigenvalue weighted by Gasteiger charge is 2.33. The molecule has 0 fully saturated rings. The molecule has 1 unspecified atom stereocenters. The molecule has 1 aromatic heterocycles. The molecule has 1 aliphatic heterocycles. The second-order valence-corrected chi connectivity index (χ2v) is 8.90. The van der Waals surface area contributed by atoms with Crippen LogP contribution in [0, 0.1) is 5.41 Å². The van der Waals surface area contributed by atoms with E-state index in [0.29, 0.717) is 36.1 Å². The molecular weight excluding hydrogens is 408 g/mol. The molecule has 1 amide bonds. The van der Waals surface area contributed by atoms with Gasteiger partial charge in [-0.2, -0.15) is 0 Å². The molecule has 0 saturated carbocycles. The normalized spacial score (nSPS) is 15.3. The van der Waals surface area contributed by atoms with E-state index in [2.05, 4.69) is 26.1 Å². The third-order valence-corrected chi connectivity index (χ3v) is 5.55. The first-order valence-corrected chi connectivity index (χ1v) is 10.2. The van der Waals surface area contributed by atoms with E-state index in [4.69, 9.17) is 26.2 Å². The minimum Gasteiger partial charge on any atom is -0.492 e. The summed E-state index contributed by atoms with van der Waals surface area (Å²) in [6.07, 6.45) is 1.78. The van der Waals surface area contributed by atoms with Crippen LogP contribution in [0.15, 0.2) is 29.2 Å². The zero-order chi connectivity index (χ0) is 22.1. The van der Waals surface area contributed by atoms with Crippen molar-refractivity contribution in [3.63, 3.8) is 0 Å². The number of nitrogens with one attached hydrogen (secondary N) is 1. The van der Waals surface area contributed by atoms with E-state index in [0.717, 1.165) is 17.5 Å². The number of hydrogen-bond donors (Lipinski definition) is 2. The maximum Gasteiger partial charge on any atom is 0.409 e. The van der Waals surface area contributed by atoms with Crippen molar-refractivity contribution in [3.8, 4) is 17.0 Å². The van der Waals surface area contributed by atoms with Gasteiger partial charge in [-0.05, 0) is 29.5 Å². The molecule has 1 atom stereocenters. The lowest BCUT2D eigenvalue weighted by Gasteiger charge is -2.39. The lowest BCUT2D eigenvalue weighted by molar-refractivity contribution is 0.172. The number of benzene rings is 1. The van der Waals surface area contributed by atoms with Crippen molar-refractivity contribution in [2.45, 2.75) is 39.7 Å². The molecule has 2 heterocycles. The number of carbonyl (C=O) groups is 1. The van der Waals surface area contributed by atoms with Gasteiger partial charge in [0, 0.05) is 44.0 Å². The number of halogens is 1. The van der Waals surface area contributed by atoms with Crippen molar-refractivity contribution in [2.75, 3.05) is 25.6 Å². The van der Waals surface area contributed by atoms with E-state index < -0.39 is 6.09 Å². The van der Waals surface area contributed by atoms with Gasteiger partial charge in [-0.1, -0.05) is 32.4 Å². The van der Waals surface area contributed by atoms with Gasteiger partial charge in [0.2, 0.25) is 5.43 Å². The molecule has 2 N–H and O–H groups in total. The Morgan fingerprint density at radius 1 is 1.30 bits per heavy atom. The van der Waals surface area contributed by atoms with Crippen LogP contribution in [-0.2, 0) is 11.2 Å². The number of nitrogens with zero attached hydrogens (tertiary/aromatic N) is 1. The quantitative estimate of drug-likeness (QED) is 0.636. The van der Waals surface area contributed by atoms with Gasteiger partial charge in [-0.3, -0.25) is 10.1 Å². The number of aromatic nitrogens is 1. The van der Waals surface area contributed by atoms with Crippen LogP contribution >= 0.6 is 11.6 Å². The maximum atomic E-state index is 12.5. The Balaban J connectivity index is 2.08. The minimum absolute atomic E-state index is 0.0115. The monoisotopic (exact) mass is 434 g/mol. The fraction of sp³-hybridized carbons (Fsp3) is 0.455. The number of hydrogen-bond acceptors (Lipinski definition) is 4. The van der Waals surface area contributed by atoms with E-state index in [-0.39, 0.29) is 22.6 Å². The smallest absolute Gasteiger partial charge is 0.409 e. The molecule has 7 nitrogen and oxygen atoms in total. The average Bonchev–Trinajstić information content (AvgIpc) is 2.65. The number of ether oxygens (including phenoxy) is 2. The van der Waals surface area contributed by atoms with Crippen molar-refractivity contribution in [1.82, 2.24) is 4.57 Å². The van der Waals surface area contributed by atoms with E-state index >= 15 is 0 Å². The van der Waals surface area contributed by atoms with Gasteiger partial charge in [-0.25, -0.2) is 4.79 Å². The lowest BCUT2D eigenvalue weighted by Crippen LogP contribution is -2.32. The molecule has 3 rings (SSSR count). The number of amides is 1. The summed E-state index contributed by atoms with van der Waals surface area (Å²) in [7, 11) is 1.65. The third kappa shape index (κ3) is 4.63. The predicted octanol–water partition coefficient (Wildman–Crippen LogP) is 4.82. The second kappa shape index (κ2) is 8.70. The van der Waals surface area contributed by atoms with Crippen LogP contribution in [0.5, 0.6) is 5.75 Å². The Kier molecular flexibility index (Phi) is 6.43. The molecule has 0 radical (unpaired) electrons. The van der Waals surface area contributed by atoms with Gasteiger partial charge in [0.15, 0.2) is 0 Å². The highest BCUT2D eigenvalue weighted by Crippen LogP contribution is 2.45. The van der Waals surface area contributed by atoms with E-state index in [1.54, 1.807) is 13.3 Å². The number of fused-ring (bicyclic) bond motifs is 3.